The molecule has 0 amide bonds. The topological polar surface area (TPSA) is 120 Å². The Bertz CT molecular complexity index is 2180. The zero-order valence-electron chi connectivity index (χ0n) is 26.3. The molecule has 0 aliphatic carbocycles. The summed E-state index contributed by atoms with van der Waals surface area (Å²) >= 11 is 12.6. The molecule has 47 heavy (non-hydrogen) atoms. The molecule has 0 radical (unpaired) electrons. The second-order valence-electron chi connectivity index (χ2n) is 10.8. The van der Waals surface area contributed by atoms with Crippen LogP contribution in [0.1, 0.15) is 39.6 Å². The van der Waals surface area contributed by atoms with E-state index < -0.39 is 10.8 Å². The highest BCUT2D eigenvalue weighted by molar-refractivity contribution is 7.84. The molecular weight excluding hydrogens is 657 g/mol. The highest BCUT2D eigenvalue weighted by atomic mass is 35.5. The number of nitrogens with one attached hydrogen (secondary N) is 1. The number of methoxy groups -OCH3 is 2. The van der Waals surface area contributed by atoms with Gasteiger partial charge >= 0.3 is 0 Å². The molecule has 1 aliphatic rings. The van der Waals surface area contributed by atoms with E-state index in [1.165, 1.54) is 0 Å². The monoisotopic (exact) mass is 687 g/mol. The van der Waals surface area contributed by atoms with Crippen LogP contribution in [0.4, 0.5) is 0 Å². The van der Waals surface area contributed by atoms with Crippen LogP contribution in [-0.4, -0.2) is 53.9 Å². The maximum atomic E-state index is 12.7. The van der Waals surface area contributed by atoms with E-state index in [-0.39, 0.29) is 5.75 Å². The quantitative estimate of drug-likeness (QED) is 0.198. The molecule has 6 aromatic rings. The number of hydrogen-bond donors (Lipinski definition) is 1. The molecule has 0 saturated carbocycles. The van der Waals surface area contributed by atoms with Crippen molar-refractivity contribution in [1.29, 1.82) is 0 Å². The van der Waals surface area contributed by atoms with Crippen molar-refractivity contribution in [3.63, 3.8) is 0 Å². The number of aliphatic imine (C=N–C) groups is 1. The average molecular weight is 689 g/mol. The Morgan fingerprint density at radius 2 is 1.77 bits per heavy atom. The molecule has 1 unspecified atom stereocenters. The minimum atomic E-state index is -1.33. The zero-order chi connectivity index (χ0) is 33.2. The van der Waals surface area contributed by atoms with E-state index in [4.69, 9.17) is 37.7 Å². The molecule has 1 N–H and O–H groups in total. The Hall–Kier alpha value is -4.58. The number of halogens is 2. The van der Waals surface area contributed by atoms with Crippen molar-refractivity contribution >= 4 is 50.7 Å². The number of hydrogen-bond acceptors (Lipinski definition) is 8. The van der Waals surface area contributed by atoms with E-state index in [1.54, 1.807) is 20.4 Å². The number of aryl methyl sites for hydroxylation is 2. The van der Waals surface area contributed by atoms with Crippen LogP contribution in [0.3, 0.4) is 0 Å². The predicted molar refractivity (Wildman–Crippen MR) is 185 cm³/mol. The van der Waals surface area contributed by atoms with Gasteiger partial charge in [0.25, 0.3) is 0 Å². The zero-order valence-corrected chi connectivity index (χ0v) is 28.7. The highest BCUT2D eigenvalue weighted by Crippen LogP contribution is 2.30. The van der Waals surface area contributed by atoms with Gasteiger partial charge in [-0.3, -0.25) is 18.8 Å². The van der Waals surface area contributed by atoms with E-state index in [1.807, 2.05) is 86.0 Å². The molecule has 13 heteroatoms. The molecule has 0 fully saturated rings. The maximum Gasteiger partial charge on any atom is 0.197 e. The third-order valence-electron chi connectivity index (χ3n) is 7.75. The number of H-pyrrole nitrogens is 1. The summed E-state index contributed by atoms with van der Waals surface area (Å²) in [5.41, 5.74) is 7.74. The SMILES string of the molecule is COc1ccc2nc(S(=O)Cc3ncc(C)c(OC)c3C)[nH]c2c1.Cc1nnc2n1-c1ccc(Cl)cc1C(c1ccccc1Cl)=NC2. The van der Waals surface area contributed by atoms with Crippen molar-refractivity contribution in [3.05, 3.63) is 117 Å². The Labute approximate surface area is 284 Å². The highest BCUT2D eigenvalue weighted by Gasteiger charge is 2.23. The summed E-state index contributed by atoms with van der Waals surface area (Å²) in [6.45, 7) is 6.23. The lowest BCUT2D eigenvalue weighted by Crippen LogP contribution is -2.08. The number of benzene rings is 3. The summed E-state index contributed by atoms with van der Waals surface area (Å²) in [4.78, 5) is 16.6. The summed E-state index contributed by atoms with van der Waals surface area (Å²) < 4.78 is 25.3. The van der Waals surface area contributed by atoms with Crippen LogP contribution in [0.2, 0.25) is 10.0 Å². The lowest BCUT2D eigenvalue weighted by Gasteiger charge is -2.13. The molecular formula is C34H31Cl2N7O3S. The van der Waals surface area contributed by atoms with Gasteiger partial charge in [0.05, 0.1) is 58.9 Å². The number of aromatic nitrogens is 6. The van der Waals surface area contributed by atoms with Gasteiger partial charge in [-0.05, 0) is 57.2 Å². The molecule has 10 nitrogen and oxygen atoms in total. The van der Waals surface area contributed by atoms with Crippen LogP contribution in [0.25, 0.3) is 16.7 Å². The summed E-state index contributed by atoms with van der Waals surface area (Å²) in [6.07, 6.45) is 1.74. The Morgan fingerprint density at radius 3 is 2.53 bits per heavy atom. The number of imidazole rings is 1. The van der Waals surface area contributed by atoms with Crippen LogP contribution >= 0.6 is 23.2 Å². The number of fused-ring (bicyclic) bond motifs is 4. The predicted octanol–water partition coefficient (Wildman–Crippen LogP) is 7.13. The summed E-state index contributed by atoms with van der Waals surface area (Å²) in [5, 5.41) is 10.1. The molecule has 1 aliphatic heterocycles. The summed E-state index contributed by atoms with van der Waals surface area (Å²) in [7, 11) is 1.91. The minimum Gasteiger partial charge on any atom is -0.497 e. The normalized spacial score (nSPS) is 12.7. The van der Waals surface area contributed by atoms with Crippen LogP contribution < -0.4 is 9.47 Å². The lowest BCUT2D eigenvalue weighted by molar-refractivity contribution is 0.407. The molecule has 0 bridgehead atoms. The van der Waals surface area contributed by atoms with Crippen molar-refractivity contribution in [2.75, 3.05) is 14.2 Å². The van der Waals surface area contributed by atoms with Gasteiger partial charge in [0.15, 0.2) is 11.0 Å². The van der Waals surface area contributed by atoms with Crippen molar-refractivity contribution in [2.45, 2.75) is 38.2 Å². The van der Waals surface area contributed by atoms with Crippen LogP contribution in [0.15, 0.2) is 77.0 Å². The fraction of sp³-hybridized carbons (Fsp3) is 0.206. The van der Waals surface area contributed by atoms with E-state index in [0.29, 0.717) is 21.7 Å². The van der Waals surface area contributed by atoms with E-state index in [0.717, 1.165) is 73.5 Å². The molecule has 0 saturated heterocycles. The second kappa shape index (κ2) is 13.6. The van der Waals surface area contributed by atoms with Gasteiger partial charge < -0.3 is 14.5 Å². The van der Waals surface area contributed by atoms with Gasteiger partial charge in [-0.1, -0.05) is 41.4 Å². The van der Waals surface area contributed by atoms with Gasteiger partial charge in [0.1, 0.15) is 23.9 Å². The van der Waals surface area contributed by atoms with Crippen LogP contribution in [0, 0.1) is 20.8 Å². The fourth-order valence-corrected chi connectivity index (χ4v) is 6.94. The van der Waals surface area contributed by atoms with Crippen molar-refractivity contribution in [2.24, 2.45) is 4.99 Å². The van der Waals surface area contributed by atoms with E-state index >= 15 is 0 Å². The van der Waals surface area contributed by atoms with Gasteiger partial charge in [0.2, 0.25) is 0 Å². The van der Waals surface area contributed by atoms with Gasteiger partial charge in [-0.2, -0.15) is 0 Å². The first-order chi connectivity index (χ1) is 22.7. The van der Waals surface area contributed by atoms with Gasteiger partial charge in [-0.25, -0.2) is 4.98 Å². The number of aromatic amines is 1. The van der Waals surface area contributed by atoms with Crippen molar-refractivity contribution < 1.29 is 13.7 Å². The number of nitrogens with zero attached hydrogens (tertiary/aromatic N) is 6. The second-order valence-corrected chi connectivity index (χ2v) is 13.0. The fourth-order valence-electron chi connectivity index (χ4n) is 5.44. The minimum absolute atomic E-state index is 0.277. The Balaban J connectivity index is 0.000000164. The first kappa shape index (κ1) is 32.4. The molecule has 3 aromatic carbocycles. The van der Waals surface area contributed by atoms with Gasteiger partial charge in [-0.15, -0.1) is 10.2 Å². The third kappa shape index (κ3) is 6.51. The number of ether oxygens (including phenoxy) is 2. The van der Waals surface area contributed by atoms with Gasteiger partial charge in [0, 0.05) is 44.6 Å². The van der Waals surface area contributed by atoms with Crippen molar-refractivity contribution in [3.8, 4) is 17.2 Å². The largest absolute Gasteiger partial charge is 0.497 e. The molecule has 0 spiro atoms. The van der Waals surface area contributed by atoms with Crippen molar-refractivity contribution in [1.82, 2.24) is 29.7 Å². The number of rotatable bonds is 6. The van der Waals surface area contributed by atoms with E-state index in [2.05, 4.69) is 25.1 Å². The molecule has 240 valence electrons. The molecule has 1 atom stereocenters. The summed E-state index contributed by atoms with van der Waals surface area (Å²) in [5.74, 6) is 3.40. The first-order valence-electron chi connectivity index (χ1n) is 14.6. The van der Waals surface area contributed by atoms with Crippen LogP contribution in [-0.2, 0) is 23.1 Å². The molecule has 4 heterocycles. The smallest absolute Gasteiger partial charge is 0.197 e. The lowest BCUT2D eigenvalue weighted by atomic mass is 10.0. The molecule has 3 aromatic heterocycles. The first-order valence-corrected chi connectivity index (χ1v) is 16.7. The average Bonchev–Trinajstić information content (AvgIpc) is 3.62. The standard InChI is InChI=1S/C17H12Cl2N4.C17H19N3O3S/c1-10-21-22-16-9-20-17(12-4-2-3-5-14(12)19)13-8-11(18)6-7-15(13)23(10)16;1-10-8-18-15(11(2)16(10)23-4)9-24(21)17-19-13-6-5-12(22-3)7-14(13)20-17/h2-8H,9H2,1H3;5-8H,9H2,1-4H3,(H,19,20). The third-order valence-corrected chi connectivity index (χ3v) is 9.48. The molecule has 7 rings (SSSR count). The summed E-state index contributed by atoms with van der Waals surface area (Å²) in [6, 6.07) is 18.9. The van der Waals surface area contributed by atoms with Crippen LogP contribution in [0.5, 0.6) is 11.5 Å². The number of pyridine rings is 1. The Kier molecular flexibility index (Phi) is 9.40. The van der Waals surface area contributed by atoms with E-state index in [9.17, 15) is 4.21 Å². The Morgan fingerprint density at radius 1 is 0.957 bits per heavy atom. The maximum absolute atomic E-state index is 12.7.